The van der Waals surface area contributed by atoms with Gasteiger partial charge in [-0.25, -0.2) is 4.98 Å². The molecule has 1 amide bonds. The van der Waals surface area contributed by atoms with Crippen LogP contribution >= 0.6 is 0 Å². The topological polar surface area (TPSA) is 93.8 Å². The van der Waals surface area contributed by atoms with Crippen molar-refractivity contribution in [3.05, 3.63) is 36.0 Å². The van der Waals surface area contributed by atoms with E-state index < -0.39 is 0 Å². The summed E-state index contributed by atoms with van der Waals surface area (Å²) in [7, 11) is 1.62. The summed E-state index contributed by atoms with van der Waals surface area (Å²) in [4.78, 5) is 25.2. The molecule has 2 aliphatic rings. The molecule has 1 aromatic heterocycles. The Labute approximate surface area is 157 Å². The maximum absolute atomic E-state index is 12.8. The first-order valence-corrected chi connectivity index (χ1v) is 9.05. The second kappa shape index (κ2) is 7.40. The number of aromatic nitrogens is 2. The Kier molecular flexibility index (Phi) is 4.81. The summed E-state index contributed by atoms with van der Waals surface area (Å²) in [5, 5.41) is 0. The SMILES string of the molecule is COc1cccc(N2CCN(c3cc([C@@H]4CCOC4)nc(N)n3)CC2=O)c1. The van der Waals surface area contributed by atoms with Crippen molar-refractivity contribution in [1.82, 2.24) is 9.97 Å². The highest BCUT2D eigenvalue weighted by atomic mass is 16.5. The molecule has 0 unspecified atom stereocenters. The molecule has 2 N–H and O–H groups in total. The quantitative estimate of drug-likeness (QED) is 0.871. The van der Waals surface area contributed by atoms with Crippen LogP contribution in [-0.4, -0.2) is 55.8 Å². The zero-order valence-corrected chi connectivity index (χ0v) is 15.3. The predicted molar refractivity (Wildman–Crippen MR) is 102 cm³/mol. The molecule has 8 nitrogen and oxygen atoms in total. The van der Waals surface area contributed by atoms with Crippen molar-refractivity contribution in [1.29, 1.82) is 0 Å². The number of nitrogens with two attached hydrogens (primary N) is 1. The molecule has 2 fully saturated rings. The van der Waals surface area contributed by atoms with Crippen molar-refractivity contribution in [3.63, 3.8) is 0 Å². The number of hydrogen-bond donors (Lipinski definition) is 1. The molecule has 1 aromatic carbocycles. The predicted octanol–water partition coefficient (Wildman–Crippen LogP) is 1.42. The third-order valence-corrected chi connectivity index (χ3v) is 5.01. The van der Waals surface area contributed by atoms with Crippen LogP contribution in [0.25, 0.3) is 0 Å². The Balaban J connectivity index is 1.51. The number of nitrogens with zero attached hydrogens (tertiary/aromatic N) is 4. The Morgan fingerprint density at radius 3 is 2.89 bits per heavy atom. The van der Waals surface area contributed by atoms with Crippen molar-refractivity contribution in [2.24, 2.45) is 0 Å². The van der Waals surface area contributed by atoms with Crippen LogP contribution in [0.5, 0.6) is 5.75 Å². The van der Waals surface area contributed by atoms with Gasteiger partial charge in [-0.2, -0.15) is 4.98 Å². The summed E-state index contributed by atoms with van der Waals surface area (Å²) < 4.78 is 10.7. The molecule has 2 aliphatic heterocycles. The van der Waals surface area contributed by atoms with Crippen molar-refractivity contribution in [2.75, 3.05) is 55.5 Å². The van der Waals surface area contributed by atoms with Crippen LogP contribution in [0.3, 0.4) is 0 Å². The normalized spacial score (nSPS) is 20.2. The number of anilines is 3. The van der Waals surface area contributed by atoms with Gasteiger partial charge in [0.1, 0.15) is 11.6 Å². The molecule has 0 bridgehead atoms. The Hall–Kier alpha value is -2.87. The highest BCUT2D eigenvalue weighted by Crippen LogP contribution is 2.28. The minimum atomic E-state index is 0.0115. The average molecular weight is 369 g/mol. The second-order valence-electron chi connectivity index (χ2n) is 6.74. The van der Waals surface area contributed by atoms with Gasteiger partial charge in [0.2, 0.25) is 11.9 Å². The van der Waals surface area contributed by atoms with Gasteiger partial charge in [-0.05, 0) is 18.6 Å². The number of rotatable bonds is 4. The highest BCUT2D eigenvalue weighted by molar-refractivity contribution is 5.97. The summed E-state index contributed by atoms with van der Waals surface area (Å²) in [6, 6.07) is 9.46. The van der Waals surface area contributed by atoms with Gasteiger partial charge in [-0.15, -0.1) is 0 Å². The summed E-state index contributed by atoms with van der Waals surface area (Å²) in [6.07, 6.45) is 0.929. The summed E-state index contributed by atoms with van der Waals surface area (Å²) >= 11 is 0. The van der Waals surface area contributed by atoms with Gasteiger partial charge < -0.3 is 25.0 Å². The molecule has 27 heavy (non-hydrogen) atoms. The monoisotopic (exact) mass is 369 g/mol. The number of amides is 1. The Bertz CT molecular complexity index is 838. The van der Waals surface area contributed by atoms with Crippen LogP contribution in [0.15, 0.2) is 30.3 Å². The van der Waals surface area contributed by atoms with E-state index in [0.29, 0.717) is 25.5 Å². The van der Waals surface area contributed by atoms with Crippen LogP contribution in [0, 0.1) is 0 Å². The minimum absolute atomic E-state index is 0.0115. The minimum Gasteiger partial charge on any atom is -0.497 e. The summed E-state index contributed by atoms with van der Waals surface area (Å²) in [5.74, 6) is 1.91. The third kappa shape index (κ3) is 3.66. The van der Waals surface area contributed by atoms with Crippen molar-refractivity contribution in [3.8, 4) is 5.75 Å². The molecule has 4 rings (SSSR count). The molecule has 0 spiro atoms. The Morgan fingerprint density at radius 1 is 1.26 bits per heavy atom. The van der Waals surface area contributed by atoms with Gasteiger partial charge in [-0.1, -0.05) is 6.07 Å². The van der Waals surface area contributed by atoms with Gasteiger partial charge in [-0.3, -0.25) is 4.79 Å². The smallest absolute Gasteiger partial charge is 0.246 e. The average Bonchev–Trinajstić information content (AvgIpc) is 3.22. The van der Waals surface area contributed by atoms with Crippen molar-refractivity contribution >= 4 is 23.4 Å². The largest absolute Gasteiger partial charge is 0.497 e. The van der Waals surface area contributed by atoms with Crippen LogP contribution in [0.4, 0.5) is 17.5 Å². The fourth-order valence-corrected chi connectivity index (χ4v) is 3.53. The first-order chi connectivity index (χ1) is 13.1. The first-order valence-electron chi connectivity index (χ1n) is 9.05. The zero-order chi connectivity index (χ0) is 18.8. The molecular formula is C19H23N5O3. The molecule has 8 heteroatoms. The van der Waals surface area contributed by atoms with E-state index in [-0.39, 0.29) is 24.3 Å². The molecule has 3 heterocycles. The van der Waals surface area contributed by atoms with E-state index >= 15 is 0 Å². The fourth-order valence-electron chi connectivity index (χ4n) is 3.53. The fraction of sp³-hybridized carbons (Fsp3) is 0.421. The van der Waals surface area contributed by atoms with Crippen LogP contribution < -0.4 is 20.3 Å². The van der Waals surface area contributed by atoms with Gasteiger partial charge >= 0.3 is 0 Å². The number of piperazine rings is 1. The lowest BCUT2D eigenvalue weighted by Crippen LogP contribution is -2.51. The molecule has 2 saturated heterocycles. The van der Waals surface area contributed by atoms with E-state index in [2.05, 4.69) is 9.97 Å². The number of benzene rings is 1. The van der Waals surface area contributed by atoms with E-state index in [0.717, 1.165) is 30.2 Å². The maximum atomic E-state index is 12.8. The van der Waals surface area contributed by atoms with Gasteiger partial charge in [0.25, 0.3) is 0 Å². The van der Waals surface area contributed by atoms with Crippen molar-refractivity contribution in [2.45, 2.75) is 12.3 Å². The lowest BCUT2D eigenvalue weighted by Gasteiger charge is -2.35. The lowest BCUT2D eigenvalue weighted by atomic mass is 10.0. The molecule has 0 saturated carbocycles. The van der Waals surface area contributed by atoms with E-state index in [9.17, 15) is 4.79 Å². The van der Waals surface area contributed by atoms with Crippen molar-refractivity contribution < 1.29 is 14.3 Å². The highest BCUT2D eigenvalue weighted by Gasteiger charge is 2.28. The number of carbonyl (C=O) groups excluding carboxylic acids is 1. The standard InChI is InChI=1S/C19H23N5O3/c1-26-15-4-2-3-14(9-15)24-7-6-23(11-18(24)25)17-10-16(21-19(20)22-17)13-5-8-27-12-13/h2-4,9-10,13H,5-8,11-12H2,1H3,(H2,20,21,22)/t13-/m1/s1. The maximum Gasteiger partial charge on any atom is 0.246 e. The van der Waals surface area contributed by atoms with Gasteiger partial charge in [0.05, 0.1) is 26.0 Å². The Morgan fingerprint density at radius 2 is 2.15 bits per heavy atom. The number of nitrogen functional groups attached to an aromatic ring is 1. The molecule has 2 aromatic rings. The molecule has 1 atom stereocenters. The van der Waals surface area contributed by atoms with Gasteiger partial charge in [0, 0.05) is 43.4 Å². The third-order valence-electron chi connectivity index (χ3n) is 5.01. The van der Waals surface area contributed by atoms with E-state index in [1.165, 1.54) is 0 Å². The van der Waals surface area contributed by atoms with Crippen LogP contribution in [-0.2, 0) is 9.53 Å². The van der Waals surface area contributed by atoms with E-state index in [1.54, 1.807) is 12.0 Å². The lowest BCUT2D eigenvalue weighted by molar-refractivity contribution is -0.117. The number of hydrogen-bond acceptors (Lipinski definition) is 7. The van der Waals surface area contributed by atoms with Crippen LogP contribution in [0.1, 0.15) is 18.0 Å². The number of ether oxygens (including phenoxy) is 2. The molecule has 142 valence electrons. The zero-order valence-electron chi connectivity index (χ0n) is 15.3. The summed E-state index contributed by atoms with van der Waals surface area (Å²) in [5.41, 5.74) is 7.64. The van der Waals surface area contributed by atoms with Gasteiger partial charge in [0.15, 0.2) is 0 Å². The van der Waals surface area contributed by atoms with E-state index in [1.807, 2.05) is 35.2 Å². The number of carbonyl (C=O) groups is 1. The molecule has 0 aliphatic carbocycles. The molecular weight excluding hydrogens is 346 g/mol. The number of methoxy groups -OCH3 is 1. The summed E-state index contributed by atoms with van der Waals surface area (Å²) in [6.45, 7) is 2.87. The first kappa shape index (κ1) is 17.5. The van der Waals surface area contributed by atoms with Crippen LogP contribution in [0.2, 0.25) is 0 Å². The second-order valence-corrected chi connectivity index (χ2v) is 6.74. The molecule has 0 radical (unpaired) electrons. The van der Waals surface area contributed by atoms with E-state index in [4.69, 9.17) is 15.2 Å².